The molecule has 0 unspecified atom stereocenters. The Bertz CT molecular complexity index is 1010. The van der Waals surface area contributed by atoms with Gasteiger partial charge in [0.1, 0.15) is 6.67 Å². The van der Waals surface area contributed by atoms with Crippen molar-refractivity contribution in [2.45, 2.75) is 51.7 Å². The summed E-state index contributed by atoms with van der Waals surface area (Å²) in [4.78, 5) is 29.0. The van der Waals surface area contributed by atoms with Crippen LogP contribution in [0.25, 0.3) is 10.8 Å². The van der Waals surface area contributed by atoms with Gasteiger partial charge >= 0.3 is 0 Å². The third-order valence-electron chi connectivity index (χ3n) is 5.76. The molecule has 33 heavy (non-hydrogen) atoms. The maximum atomic E-state index is 12.8. The predicted molar refractivity (Wildman–Crippen MR) is 131 cm³/mol. The van der Waals surface area contributed by atoms with Gasteiger partial charge in [-0.15, -0.1) is 0 Å². The third-order valence-corrected chi connectivity index (χ3v) is 5.76. The Morgan fingerprint density at radius 1 is 1.09 bits per heavy atom. The highest BCUT2D eigenvalue weighted by Crippen LogP contribution is 2.33. The Kier molecular flexibility index (Phi) is 8.07. The normalized spacial score (nSPS) is 16.6. The van der Waals surface area contributed by atoms with Crippen LogP contribution in [0.5, 0.6) is 0 Å². The summed E-state index contributed by atoms with van der Waals surface area (Å²) in [5, 5.41) is 14.6. The van der Waals surface area contributed by atoms with Gasteiger partial charge in [0.15, 0.2) is 0 Å². The molecular formula is C25H35N5O3. The van der Waals surface area contributed by atoms with Crippen LogP contribution in [0, 0.1) is 5.92 Å². The second-order valence-electron chi connectivity index (χ2n) is 9.11. The number of aliphatic hydroxyl groups excluding tert-OH is 1. The first-order chi connectivity index (χ1) is 15.7. The van der Waals surface area contributed by atoms with Crippen molar-refractivity contribution in [2.75, 3.05) is 18.2 Å². The van der Waals surface area contributed by atoms with E-state index in [1.54, 1.807) is 18.0 Å². The van der Waals surface area contributed by atoms with Gasteiger partial charge in [-0.05, 0) is 30.7 Å². The molecule has 0 bridgehead atoms. The summed E-state index contributed by atoms with van der Waals surface area (Å²) < 4.78 is 0. The van der Waals surface area contributed by atoms with E-state index in [9.17, 15) is 14.7 Å². The lowest BCUT2D eigenvalue weighted by atomic mass is 10.0. The SMILES string of the molecule is CC(C)C[C@@H](CO)NC(=O)[C@@H](N)CC1=CN(C(=O)[C@H](C)N)CN1c1cccc2ccccc12. The molecule has 2 aromatic rings. The molecule has 0 saturated carbocycles. The number of hydrogen-bond donors (Lipinski definition) is 4. The van der Waals surface area contributed by atoms with Gasteiger partial charge in [-0.1, -0.05) is 50.2 Å². The molecule has 0 spiro atoms. The van der Waals surface area contributed by atoms with Gasteiger partial charge in [-0.2, -0.15) is 0 Å². The zero-order chi connectivity index (χ0) is 24.1. The van der Waals surface area contributed by atoms with Crippen LogP contribution < -0.4 is 21.7 Å². The Morgan fingerprint density at radius 2 is 1.79 bits per heavy atom. The average molecular weight is 454 g/mol. The Labute approximate surface area is 195 Å². The third kappa shape index (κ3) is 5.90. The quantitative estimate of drug-likeness (QED) is 0.459. The maximum absolute atomic E-state index is 12.8. The number of nitrogens with two attached hydrogens (primary N) is 2. The number of benzene rings is 2. The van der Waals surface area contributed by atoms with E-state index in [4.69, 9.17) is 11.5 Å². The van der Waals surface area contributed by atoms with E-state index in [2.05, 4.69) is 5.32 Å². The molecule has 6 N–H and O–H groups in total. The first-order valence-corrected chi connectivity index (χ1v) is 11.4. The lowest BCUT2D eigenvalue weighted by molar-refractivity contribution is -0.129. The molecule has 8 heteroatoms. The van der Waals surface area contributed by atoms with E-state index >= 15 is 0 Å². The highest BCUT2D eigenvalue weighted by Gasteiger charge is 2.31. The summed E-state index contributed by atoms with van der Waals surface area (Å²) in [6, 6.07) is 12.2. The van der Waals surface area contributed by atoms with E-state index in [1.165, 1.54) is 0 Å². The van der Waals surface area contributed by atoms with Crippen LogP contribution in [0.2, 0.25) is 0 Å². The monoisotopic (exact) mass is 453 g/mol. The molecule has 0 aromatic heterocycles. The van der Waals surface area contributed by atoms with Gasteiger partial charge in [0.05, 0.1) is 30.4 Å². The van der Waals surface area contributed by atoms with Crippen molar-refractivity contribution in [3.8, 4) is 0 Å². The van der Waals surface area contributed by atoms with Gasteiger partial charge in [0, 0.05) is 23.7 Å². The van der Waals surface area contributed by atoms with Crippen LogP contribution >= 0.6 is 0 Å². The van der Waals surface area contributed by atoms with Gasteiger partial charge in [0.2, 0.25) is 11.8 Å². The van der Waals surface area contributed by atoms with E-state index in [1.807, 2.05) is 61.2 Å². The molecule has 0 saturated heterocycles. The molecule has 0 aliphatic carbocycles. The van der Waals surface area contributed by atoms with Crippen molar-refractivity contribution >= 4 is 28.3 Å². The number of carbonyl (C=O) groups excluding carboxylic acids is 2. The minimum Gasteiger partial charge on any atom is -0.394 e. The van der Waals surface area contributed by atoms with Crippen molar-refractivity contribution in [1.82, 2.24) is 10.2 Å². The topological polar surface area (TPSA) is 125 Å². The number of nitrogens with zero attached hydrogens (tertiary/aromatic N) is 2. The van der Waals surface area contributed by atoms with Crippen molar-refractivity contribution < 1.29 is 14.7 Å². The number of anilines is 1. The molecule has 0 fully saturated rings. The van der Waals surface area contributed by atoms with Gasteiger partial charge in [-0.3, -0.25) is 14.5 Å². The lowest BCUT2D eigenvalue weighted by Gasteiger charge is -2.27. The number of hydrogen-bond acceptors (Lipinski definition) is 6. The Morgan fingerprint density at radius 3 is 2.45 bits per heavy atom. The molecule has 3 rings (SSSR count). The van der Waals surface area contributed by atoms with E-state index in [-0.39, 0.29) is 30.9 Å². The van der Waals surface area contributed by atoms with Gasteiger partial charge in [-0.25, -0.2) is 0 Å². The van der Waals surface area contributed by atoms with Gasteiger partial charge < -0.3 is 26.8 Å². The maximum Gasteiger partial charge on any atom is 0.244 e. The number of amides is 2. The van der Waals surface area contributed by atoms with Crippen LogP contribution in [-0.4, -0.2) is 53.2 Å². The Hall–Kier alpha value is -2.94. The smallest absolute Gasteiger partial charge is 0.244 e. The first-order valence-electron chi connectivity index (χ1n) is 11.4. The summed E-state index contributed by atoms with van der Waals surface area (Å²) in [6.45, 7) is 5.87. The summed E-state index contributed by atoms with van der Waals surface area (Å²) in [7, 11) is 0. The molecule has 2 amide bonds. The second kappa shape index (κ2) is 10.8. The molecule has 0 radical (unpaired) electrons. The highest BCUT2D eigenvalue weighted by atomic mass is 16.3. The van der Waals surface area contributed by atoms with Crippen LogP contribution in [-0.2, 0) is 9.59 Å². The Balaban J connectivity index is 1.86. The highest BCUT2D eigenvalue weighted by molar-refractivity contribution is 5.95. The molecule has 8 nitrogen and oxygen atoms in total. The van der Waals surface area contributed by atoms with E-state index in [0.717, 1.165) is 22.2 Å². The summed E-state index contributed by atoms with van der Waals surface area (Å²) in [5.41, 5.74) is 13.8. The van der Waals surface area contributed by atoms with Crippen molar-refractivity contribution in [3.63, 3.8) is 0 Å². The minimum atomic E-state index is -0.833. The summed E-state index contributed by atoms with van der Waals surface area (Å²) >= 11 is 0. The molecule has 2 aromatic carbocycles. The number of nitrogens with one attached hydrogen (secondary N) is 1. The molecule has 1 heterocycles. The zero-order valence-electron chi connectivity index (χ0n) is 19.6. The van der Waals surface area contributed by atoms with Crippen LogP contribution in [0.3, 0.4) is 0 Å². The molecule has 178 valence electrons. The van der Waals surface area contributed by atoms with Crippen molar-refractivity contribution in [2.24, 2.45) is 17.4 Å². The number of aliphatic hydroxyl groups is 1. The standard InChI is InChI=1S/C25H35N5O3/c1-16(2)11-19(14-31)28-24(32)22(27)12-20-13-29(25(33)17(3)26)15-30(20)23-10-6-8-18-7-4-5-9-21(18)23/h4-10,13,16-17,19,22,31H,11-12,14-15,26-27H2,1-3H3,(H,28,32)/t17-,19-,22-/m0/s1. The van der Waals surface area contributed by atoms with Crippen LogP contribution in [0.1, 0.15) is 33.6 Å². The summed E-state index contributed by atoms with van der Waals surface area (Å²) in [6.07, 6.45) is 2.63. The molecule has 1 aliphatic heterocycles. The first kappa shape index (κ1) is 24.7. The lowest BCUT2D eigenvalue weighted by Crippen LogP contribution is -2.47. The molecule has 1 aliphatic rings. The number of carbonyl (C=O) groups is 2. The fourth-order valence-electron chi connectivity index (χ4n) is 4.14. The van der Waals surface area contributed by atoms with Crippen molar-refractivity contribution in [1.29, 1.82) is 0 Å². The van der Waals surface area contributed by atoms with Crippen LogP contribution in [0.15, 0.2) is 54.4 Å². The number of fused-ring (bicyclic) bond motifs is 1. The largest absolute Gasteiger partial charge is 0.394 e. The predicted octanol–water partition coefficient (Wildman–Crippen LogP) is 1.88. The van der Waals surface area contributed by atoms with Gasteiger partial charge in [0.25, 0.3) is 0 Å². The van der Waals surface area contributed by atoms with Crippen LogP contribution in [0.4, 0.5) is 5.69 Å². The average Bonchev–Trinajstić information content (AvgIpc) is 3.20. The second-order valence-corrected chi connectivity index (χ2v) is 9.11. The van der Waals surface area contributed by atoms with E-state index in [0.29, 0.717) is 19.0 Å². The summed E-state index contributed by atoms with van der Waals surface area (Å²) in [5.74, 6) is -0.202. The zero-order valence-corrected chi connectivity index (χ0v) is 19.6. The number of rotatable bonds is 9. The fourth-order valence-corrected chi connectivity index (χ4v) is 4.14. The van der Waals surface area contributed by atoms with E-state index < -0.39 is 12.1 Å². The minimum absolute atomic E-state index is 0.141. The fraction of sp³-hybridized carbons (Fsp3) is 0.440. The molecular weight excluding hydrogens is 418 g/mol. The molecule has 3 atom stereocenters. The van der Waals surface area contributed by atoms with Crippen molar-refractivity contribution in [3.05, 3.63) is 54.4 Å².